The fourth-order valence-corrected chi connectivity index (χ4v) is 1.89. The zero-order valence-electron chi connectivity index (χ0n) is 9.91. The molecule has 0 radical (unpaired) electrons. The maximum Gasteiger partial charge on any atom is 1.00 e. The number of anilines is 1. The molecule has 94 valence electrons. The average molecular weight is 298 g/mol. The van der Waals surface area contributed by atoms with E-state index < -0.39 is 22.4 Å². The Hall–Kier alpha value is -0.454. The zero-order valence-corrected chi connectivity index (χ0v) is 13.9. The van der Waals surface area contributed by atoms with Gasteiger partial charge < -0.3 is 15.6 Å². The second-order valence-corrected chi connectivity index (χ2v) is 4.51. The van der Waals surface area contributed by atoms with Crippen LogP contribution in [0.25, 0.3) is 0 Å². The van der Waals surface area contributed by atoms with E-state index >= 15 is 0 Å². The molecule has 0 spiro atoms. The van der Waals surface area contributed by atoms with Crippen LogP contribution in [0.5, 0.6) is 0 Å². The second kappa shape index (κ2) is 9.47. The minimum Gasteiger partial charge on any atom is -0.554 e. The molecule has 1 aromatic rings. The topological polar surface area (TPSA) is 129 Å². The number of carbonyl (C=O) groups excluding carboxylic acids is 2. The third-order valence-corrected chi connectivity index (χ3v) is 2.92. The van der Waals surface area contributed by atoms with Gasteiger partial charge in [0.15, 0.2) is 0 Å². The van der Waals surface area contributed by atoms with E-state index in [9.17, 15) is 13.2 Å². The third-order valence-electron chi connectivity index (χ3n) is 1.47. The van der Waals surface area contributed by atoms with Gasteiger partial charge in [0.25, 0.3) is 10.0 Å². The van der Waals surface area contributed by atoms with Crippen molar-refractivity contribution in [2.24, 2.45) is 0 Å². The van der Waals surface area contributed by atoms with Gasteiger partial charge in [0.1, 0.15) is 0 Å². The number of hydrogen-bond donors (Lipinski definition) is 2. The molecule has 0 saturated heterocycles. The normalized spacial score (nSPS) is 9.17. The zero-order chi connectivity index (χ0) is 13.5. The number of carbonyl (C=O) groups is 2. The number of rotatable bonds is 2. The van der Waals surface area contributed by atoms with Gasteiger partial charge in [-0.25, -0.2) is 13.1 Å². The van der Waals surface area contributed by atoms with E-state index in [1.165, 1.54) is 24.3 Å². The van der Waals surface area contributed by atoms with Gasteiger partial charge in [-0.05, 0) is 24.3 Å². The number of nitrogens with two attached hydrogens (primary N) is 1. The van der Waals surface area contributed by atoms with Crippen LogP contribution in [0, 0.1) is 0 Å². The summed E-state index contributed by atoms with van der Waals surface area (Å²) in [5, 5.41) is 8.25. The van der Waals surface area contributed by atoms with Gasteiger partial charge in [-0.15, -0.1) is 0 Å². The summed E-state index contributed by atoms with van der Waals surface area (Å²) in [5.41, 5.74) is 5.85. The third kappa shape index (κ3) is 7.79. The molecule has 0 heterocycles. The molecule has 0 aliphatic carbocycles. The van der Waals surface area contributed by atoms with Crippen LogP contribution in [-0.2, 0) is 19.6 Å². The number of nitrogen functional groups attached to an aromatic ring is 1. The van der Waals surface area contributed by atoms with Crippen LogP contribution >= 0.6 is 0 Å². The van der Waals surface area contributed by atoms with Crippen molar-refractivity contribution in [2.45, 2.75) is 11.8 Å². The van der Waals surface area contributed by atoms with Crippen LogP contribution in [0.15, 0.2) is 29.2 Å². The second-order valence-electron chi connectivity index (χ2n) is 2.83. The first-order valence-electron chi connectivity index (χ1n) is 4.28. The van der Waals surface area contributed by atoms with Gasteiger partial charge in [0, 0.05) is 19.1 Å². The smallest absolute Gasteiger partial charge is 0.554 e. The Morgan fingerprint density at radius 3 is 2.06 bits per heavy atom. The van der Waals surface area contributed by atoms with Crippen molar-refractivity contribution in [2.75, 3.05) is 5.73 Å². The molecule has 0 fully saturated rings. The summed E-state index contributed by atoms with van der Waals surface area (Å²) in [4.78, 5) is 18.9. The van der Waals surface area contributed by atoms with E-state index in [4.69, 9.17) is 15.6 Å². The van der Waals surface area contributed by atoms with Crippen molar-refractivity contribution in [3.8, 4) is 0 Å². The van der Waals surface area contributed by atoms with E-state index in [0.717, 1.165) is 6.92 Å². The van der Waals surface area contributed by atoms with E-state index in [2.05, 4.69) is 0 Å². The Balaban J connectivity index is 0. The number of hydrogen-bond acceptors (Lipinski definition) is 6. The number of carboxylic acid groups (broad SMARTS) is 1. The molecule has 9 heteroatoms. The number of amides is 1. The van der Waals surface area contributed by atoms with E-state index in [0.29, 0.717) is 5.69 Å². The minimum atomic E-state index is -3.73. The summed E-state index contributed by atoms with van der Waals surface area (Å²) in [7, 11) is -3.73. The summed E-state index contributed by atoms with van der Waals surface area (Å²) in [6.07, 6.45) is 0. The van der Waals surface area contributed by atoms with E-state index in [1.807, 2.05) is 4.72 Å². The van der Waals surface area contributed by atoms with Crippen molar-refractivity contribution >= 4 is 28.1 Å². The Bertz CT molecular complexity index is 486. The minimum absolute atomic E-state index is 0. The monoisotopic (exact) mass is 298 g/mol. The molecule has 1 amide bonds. The van der Waals surface area contributed by atoms with Gasteiger partial charge in [-0.2, -0.15) is 0 Å². The van der Waals surface area contributed by atoms with E-state index in [-0.39, 0.29) is 56.3 Å². The Kier molecular flexibility index (Phi) is 10.5. The van der Waals surface area contributed by atoms with Crippen molar-refractivity contribution in [3.63, 3.8) is 0 Å². The summed E-state index contributed by atoms with van der Waals surface area (Å²) in [5.74, 6) is -0.623. The summed E-state index contributed by atoms with van der Waals surface area (Å²) in [6.45, 7) is 0.634. The standard InChI is InChI=1S/C8H10N2O3S.CH2O2.K/c1-6(11)10-14(12,13)8-4-2-7(9)3-5-8;2-1-3;/h2-5H,9H2,1H3,(H,10,11);1H,(H,2,3);/q;;+1/p-1. The molecule has 1 rings (SSSR count). The fraction of sp³-hybridized carbons (Fsp3) is 0.111. The van der Waals surface area contributed by atoms with Crippen LogP contribution in [0.2, 0.25) is 0 Å². The van der Waals surface area contributed by atoms with Crippen molar-refractivity contribution in [1.82, 2.24) is 4.72 Å². The van der Waals surface area contributed by atoms with Gasteiger partial charge in [0.2, 0.25) is 5.91 Å². The molecule has 0 atom stereocenters. The molecular weight excluding hydrogens is 287 g/mol. The number of benzene rings is 1. The molecule has 0 saturated carbocycles. The average Bonchev–Trinajstić information content (AvgIpc) is 2.17. The summed E-state index contributed by atoms with van der Waals surface area (Å²) >= 11 is 0. The molecule has 7 nitrogen and oxygen atoms in total. The van der Waals surface area contributed by atoms with Crippen molar-refractivity contribution in [3.05, 3.63) is 24.3 Å². The molecule has 18 heavy (non-hydrogen) atoms. The number of nitrogens with one attached hydrogen (secondary N) is 1. The Labute approximate surface area is 147 Å². The molecule has 0 aliphatic rings. The van der Waals surface area contributed by atoms with Crippen molar-refractivity contribution < 1.29 is 74.5 Å². The van der Waals surface area contributed by atoms with Crippen LogP contribution in [0.4, 0.5) is 5.69 Å². The first-order chi connectivity index (χ1) is 7.83. The first-order valence-corrected chi connectivity index (χ1v) is 5.76. The molecular formula is C9H11KN2O5S. The molecule has 0 aromatic heterocycles. The predicted molar refractivity (Wildman–Crippen MR) is 57.9 cm³/mol. The van der Waals surface area contributed by atoms with Gasteiger partial charge in [-0.1, -0.05) is 0 Å². The SMILES string of the molecule is CC(=O)NS(=O)(=O)c1ccc(N)cc1.O=C[O-].[K+]. The number of sulfonamides is 1. The summed E-state index contributed by atoms with van der Waals surface area (Å²) < 4.78 is 24.6. The Morgan fingerprint density at radius 1 is 1.33 bits per heavy atom. The van der Waals surface area contributed by atoms with Crippen molar-refractivity contribution in [1.29, 1.82) is 0 Å². The maximum absolute atomic E-state index is 11.4. The maximum atomic E-state index is 11.4. The largest absolute Gasteiger partial charge is 1.00 e. The molecule has 0 bridgehead atoms. The predicted octanol–water partition coefficient (Wildman–Crippen LogP) is -4.54. The summed E-state index contributed by atoms with van der Waals surface area (Å²) in [6, 6.07) is 5.57. The van der Waals surface area contributed by atoms with Crippen LogP contribution in [-0.4, -0.2) is 20.8 Å². The van der Waals surface area contributed by atoms with Crippen LogP contribution in [0.3, 0.4) is 0 Å². The van der Waals surface area contributed by atoms with Gasteiger partial charge >= 0.3 is 51.4 Å². The first kappa shape index (κ1) is 19.9. The molecule has 0 aliphatic heterocycles. The quantitative estimate of drug-likeness (QED) is 0.321. The molecule has 3 N–H and O–H groups in total. The molecule has 1 aromatic carbocycles. The van der Waals surface area contributed by atoms with Gasteiger partial charge in [-0.3, -0.25) is 4.79 Å². The van der Waals surface area contributed by atoms with Crippen LogP contribution in [0.1, 0.15) is 6.92 Å². The van der Waals surface area contributed by atoms with E-state index in [1.54, 1.807) is 0 Å². The van der Waals surface area contributed by atoms with Crippen LogP contribution < -0.4 is 66.9 Å². The Morgan fingerprint density at radius 2 is 1.72 bits per heavy atom. The fourth-order valence-electron chi connectivity index (χ4n) is 0.895. The van der Waals surface area contributed by atoms with Gasteiger partial charge in [0.05, 0.1) is 4.90 Å². The molecule has 0 unspecified atom stereocenters.